The molecule has 4 heterocycles. The molecule has 8 heteroatoms. The van der Waals surface area contributed by atoms with Gasteiger partial charge in [0.2, 0.25) is 5.91 Å². The van der Waals surface area contributed by atoms with Crippen molar-refractivity contribution >= 4 is 28.2 Å². The second-order valence-corrected chi connectivity index (χ2v) is 10.8. The lowest BCUT2D eigenvalue weighted by Crippen LogP contribution is -2.59. The van der Waals surface area contributed by atoms with E-state index in [0.717, 1.165) is 37.0 Å². The third-order valence-corrected chi connectivity index (χ3v) is 7.75. The van der Waals surface area contributed by atoms with Crippen LogP contribution in [0.1, 0.15) is 32.8 Å². The number of nitrogens with zero attached hydrogens (tertiary/aromatic N) is 3. The van der Waals surface area contributed by atoms with Crippen LogP contribution < -0.4 is 10.2 Å². The van der Waals surface area contributed by atoms with E-state index in [0.29, 0.717) is 25.5 Å². The number of pyridine rings is 1. The normalized spacial score (nSPS) is 29.6. The van der Waals surface area contributed by atoms with E-state index < -0.39 is 11.7 Å². The van der Waals surface area contributed by atoms with Crippen LogP contribution in [0.15, 0.2) is 24.4 Å². The Hall–Kier alpha value is -2.29. The van der Waals surface area contributed by atoms with Crippen LogP contribution in [0.3, 0.4) is 0 Å². The molecule has 5 rings (SSSR count). The van der Waals surface area contributed by atoms with Crippen molar-refractivity contribution in [2.24, 2.45) is 5.92 Å². The number of nitrogens with one attached hydrogen (secondary N) is 1. The third-order valence-electron chi connectivity index (χ3n) is 7.75. The SMILES string of the molecule is Cc1cc2cnc(NC(=O)[C@@H]3COC(C)(C)C3)cc2cc1N1CCN([C@@]2(C)COC[C@H]2F)CC1. The van der Waals surface area contributed by atoms with E-state index in [1.54, 1.807) is 0 Å². The number of aryl methyl sites for hydroxylation is 1. The van der Waals surface area contributed by atoms with Gasteiger partial charge in [-0.1, -0.05) is 0 Å². The molecule has 184 valence electrons. The molecule has 34 heavy (non-hydrogen) atoms. The Morgan fingerprint density at radius 2 is 1.88 bits per heavy atom. The van der Waals surface area contributed by atoms with Gasteiger partial charge in [-0.05, 0) is 63.3 Å². The Labute approximate surface area is 200 Å². The zero-order valence-corrected chi connectivity index (χ0v) is 20.6. The Morgan fingerprint density at radius 3 is 2.53 bits per heavy atom. The van der Waals surface area contributed by atoms with Gasteiger partial charge in [-0.3, -0.25) is 9.69 Å². The lowest BCUT2D eigenvalue weighted by molar-refractivity contribution is -0.119. The molecule has 1 aromatic heterocycles. The minimum absolute atomic E-state index is 0.0450. The average molecular weight is 471 g/mol. The van der Waals surface area contributed by atoms with Gasteiger partial charge in [0.05, 0.1) is 36.9 Å². The van der Waals surface area contributed by atoms with Crippen molar-refractivity contribution in [3.63, 3.8) is 0 Å². The third kappa shape index (κ3) is 4.39. The van der Waals surface area contributed by atoms with Crippen molar-refractivity contribution in [1.29, 1.82) is 0 Å². The van der Waals surface area contributed by atoms with Gasteiger partial charge in [0.15, 0.2) is 0 Å². The quantitative estimate of drug-likeness (QED) is 0.737. The van der Waals surface area contributed by atoms with Crippen molar-refractivity contribution < 1.29 is 18.7 Å². The van der Waals surface area contributed by atoms with Gasteiger partial charge in [0.1, 0.15) is 12.0 Å². The highest BCUT2D eigenvalue weighted by Gasteiger charge is 2.46. The lowest BCUT2D eigenvalue weighted by atomic mass is 9.96. The molecule has 0 unspecified atom stereocenters. The van der Waals surface area contributed by atoms with Crippen LogP contribution in [0.2, 0.25) is 0 Å². The number of piperazine rings is 1. The van der Waals surface area contributed by atoms with Crippen LogP contribution in [0, 0.1) is 12.8 Å². The van der Waals surface area contributed by atoms with E-state index in [4.69, 9.17) is 9.47 Å². The van der Waals surface area contributed by atoms with Gasteiger partial charge in [0.25, 0.3) is 0 Å². The van der Waals surface area contributed by atoms with Crippen molar-refractivity contribution in [3.8, 4) is 0 Å². The van der Waals surface area contributed by atoms with E-state index in [9.17, 15) is 9.18 Å². The molecular weight excluding hydrogens is 435 g/mol. The minimum Gasteiger partial charge on any atom is -0.376 e. The highest BCUT2D eigenvalue weighted by Crippen LogP contribution is 2.33. The number of amides is 1. The summed E-state index contributed by atoms with van der Waals surface area (Å²) < 4.78 is 25.6. The average Bonchev–Trinajstić information content (AvgIpc) is 3.35. The van der Waals surface area contributed by atoms with Gasteiger partial charge in [-0.15, -0.1) is 0 Å². The molecule has 2 aromatic rings. The summed E-state index contributed by atoms with van der Waals surface area (Å²) in [6, 6.07) is 6.27. The number of anilines is 2. The van der Waals surface area contributed by atoms with Crippen molar-refractivity contribution in [1.82, 2.24) is 9.88 Å². The minimum atomic E-state index is -0.940. The summed E-state index contributed by atoms with van der Waals surface area (Å²) in [5.74, 6) is 0.356. The molecule has 1 aromatic carbocycles. The highest BCUT2D eigenvalue weighted by molar-refractivity contribution is 5.95. The van der Waals surface area contributed by atoms with Crippen LogP contribution in [0.5, 0.6) is 0 Å². The fourth-order valence-electron chi connectivity index (χ4n) is 5.53. The molecule has 0 spiro atoms. The fraction of sp³-hybridized carbons (Fsp3) is 0.615. The second kappa shape index (κ2) is 8.73. The summed E-state index contributed by atoms with van der Waals surface area (Å²) in [5.41, 5.74) is 1.57. The topological polar surface area (TPSA) is 66.9 Å². The first-order valence-electron chi connectivity index (χ1n) is 12.2. The number of benzene rings is 1. The monoisotopic (exact) mass is 470 g/mol. The summed E-state index contributed by atoms with van der Waals surface area (Å²) in [6.45, 7) is 12.5. The molecule has 0 aliphatic carbocycles. The van der Waals surface area contributed by atoms with Crippen LogP contribution in [0.4, 0.5) is 15.9 Å². The van der Waals surface area contributed by atoms with Gasteiger partial charge in [-0.2, -0.15) is 0 Å². The zero-order valence-electron chi connectivity index (χ0n) is 20.6. The van der Waals surface area contributed by atoms with E-state index in [1.165, 1.54) is 11.3 Å². The molecule has 1 amide bonds. The molecule has 3 fully saturated rings. The summed E-state index contributed by atoms with van der Waals surface area (Å²) in [7, 11) is 0. The maximum Gasteiger partial charge on any atom is 0.231 e. The van der Waals surface area contributed by atoms with Crippen LogP contribution >= 0.6 is 0 Å². The number of carbonyl (C=O) groups excluding carboxylic acids is 1. The lowest BCUT2D eigenvalue weighted by Gasteiger charge is -2.45. The predicted molar refractivity (Wildman–Crippen MR) is 131 cm³/mol. The Morgan fingerprint density at radius 1 is 1.12 bits per heavy atom. The predicted octanol–water partition coefficient (Wildman–Crippen LogP) is 3.55. The van der Waals surface area contributed by atoms with Crippen molar-refractivity contribution in [3.05, 3.63) is 30.0 Å². The van der Waals surface area contributed by atoms with Gasteiger partial charge in [-0.25, -0.2) is 9.37 Å². The Bertz CT molecular complexity index is 1090. The number of halogens is 1. The molecule has 0 saturated carbocycles. The molecule has 3 aliphatic rings. The molecule has 1 N–H and O–H groups in total. The van der Waals surface area contributed by atoms with E-state index in [2.05, 4.69) is 39.2 Å². The molecule has 0 radical (unpaired) electrons. The van der Waals surface area contributed by atoms with Crippen LogP contribution in [-0.4, -0.2) is 79.1 Å². The molecule has 7 nitrogen and oxygen atoms in total. The van der Waals surface area contributed by atoms with Crippen molar-refractivity contribution in [2.45, 2.75) is 51.4 Å². The van der Waals surface area contributed by atoms with E-state index >= 15 is 0 Å². The van der Waals surface area contributed by atoms with Gasteiger partial charge >= 0.3 is 0 Å². The summed E-state index contributed by atoms with van der Waals surface area (Å²) in [4.78, 5) is 21.8. The standard InChI is InChI=1S/C26H35FN4O3/c1-17-9-19-13-28-23(29-24(32)20-12-25(2,3)34-14-20)11-18(19)10-21(17)30-5-7-31(8-6-30)26(4)16-33-15-22(26)27/h9-11,13,20,22H,5-8,12,14-16H2,1-4H3,(H,28,29,32)/t20-,22+,26-/m0/s1. The van der Waals surface area contributed by atoms with Crippen molar-refractivity contribution in [2.75, 3.05) is 56.2 Å². The molecule has 3 saturated heterocycles. The van der Waals surface area contributed by atoms with Gasteiger partial charge < -0.3 is 19.7 Å². The molecule has 3 atom stereocenters. The van der Waals surface area contributed by atoms with Gasteiger partial charge in [0, 0.05) is 43.4 Å². The number of hydrogen-bond donors (Lipinski definition) is 1. The number of fused-ring (bicyclic) bond motifs is 1. The summed E-state index contributed by atoms with van der Waals surface area (Å²) in [5, 5.41) is 5.05. The number of aromatic nitrogens is 1. The molecular formula is C26H35FN4O3. The Kier molecular flexibility index (Phi) is 6.02. The maximum atomic E-state index is 14.5. The first-order chi connectivity index (χ1) is 16.1. The summed E-state index contributed by atoms with van der Waals surface area (Å²) >= 11 is 0. The maximum absolute atomic E-state index is 14.5. The second-order valence-electron chi connectivity index (χ2n) is 10.8. The number of carbonyl (C=O) groups is 1. The number of rotatable bonds is 4. The number of alkyl halides is 1. The molecule has 0 bridgehead atoms. The first kappa shape index (κ1) is 23.5. The molecule has 3 aliphatic heterocycles. The Balaban J connectivity index is 1.30. The fourth-order valence-corrected chi connectivity index (χ4v) is 5.53. The highest BCUT2D eigenvalue weighted by atomic mass is 19.1. The smallest absolute Gasteiger partial charge is 0.231 e. The van der Waals surface area contributed by atoms with E-state index in [-0.39, 0.29) is 24.0 Å². The zero-order chi connectivity index (χ0) is 24.1. The van der Waals surface area contributed by atoms with Crippen LogP contribution in [-0.2, 0) is 14.3 Å². The number of hydrogen-bond acceptors (Lipinski definition) is 6. The first-order valence-corrected chi connectivity index (χ1v) is 12.2. The largest absolute Gasteiger partial charge is 0.376 e. The van der Waals surface area contributed by atoms with Crippen LogP contribution in [0.25, 0.3) is 10.8 Å². The van der Waals surface area contributed by atoms with E-state index in [1.807, 2.05) is 33.0 Å². The summed E-state index contributed by atoms with van der Waals surface area (Å²) in [6.07, 6.45) is 1.58. The number of ether oxygens (including phenoxy) is 2.